The maximum absolute atomic E-state index is 13.3. The zero-order valence-corrected chi connectivity index (χ0v) is 11.7. The fourth-order valence-corrected chi connectivity index (χ4v) is 2.05. The Balaban J connectivity index is 1.66. The summed E-state index contributed by atoms with van der Waals surface area (Å²) in [6, 6.07) is 9.57. The lowest BCUT2D eigenvalue weighted by atomic mass is 10.3. The summed E-state index contributed by atoms with van der Waals surface area (Å²) in [5, 5.41) is 11.8. The summed E-state index contributed by atoms with van der Waals surface area (Å²) >= 11 is 0. The molecule has 4 rings (SSSR count). The highest BCUT2D eigenvalue weighted by atomic mass is 19.1. The molecule has 3 aromatic heterocycles. The molecule has 0 bridgehead atoms. The van der Waals surface area contributed by atoms with E-state index < -0.39 is 0 Å². The van der Waals surface area contributed by atoms with E-state index in [0.717, 1.165) is 5.56 Å². The monoisotopic (exact) mass is 308 g/mol. The van der Waals surface area contributed by atoms with Gasteiger partial charge in [-0.1, -0.05) is 16.4 Å². The molecule has 0 amide bonds. The maximum atomic E-state index is 13.3. The lowest BCUT2D eigenvalue weighted by Gasteiger charge is -1.98. The Hall–Kier alpha value is -3.42. The van der Waals surface area contributed by atoms with Gasteiger partial charge < -0.3 is 4.52 Å². The van der Waals surface area contributed by atoms with Crippen LogP contribution in [0.3, 0.4) is 0 Å². The molecule has 23 heavy (non-hydrogen) atoms. The number of halogens is 1. The van der Waals surface area contributed by atoms with Crippen LogP contribution in [-0.2, 0) is 0 Å². The molecule has 7 nitrogen and oxygen atoms in total. The number of pyridine rings is 1. The van der Waals surface area contributed by atoms with Gasteiger partial charge in [0.1, 0.15) is 5.82 Å². The fraction of sp³-hybridized carbons (Fsp3) is 0. The van der Waals surface area contributed by atoms with Crippen molar-refractivity contribution in [3.8, 4) is 28.7 Å². The van der Waals surface area contributed by atoms with Crippen molar-refractivity contribution in [3.63, 3.8) is 0 Å². The molecular formula is C15H9FN6O. The number of hydrogen-bond donors (Lipinski definition) is 0. The van der Waals surface area contributed by atoms with Crippen molar-refractivity contribution in [1.82, 2.24) is 30.1 Å². The summed E-state index contributed by atoms with van der Waals surface area (Å²) in [6.07, 6.45) is 4.88. The predicted molar refractivity (Wildman–Crippen MR) is 77.8 cm³/mol. The largest absolute Gasteiger partial charge is 0.334 e. The quantitative estimate of drug-likeness (QED) is 0.578. The fourth-order valence-electron chi connectivity index (χ4n) is 2.05. The van der Waals surface area contributed by atoms with Gasteiger partial charge in [0.05, 0.1) is 11.9 Å². The van der Waals surface area contributed by atoms with Crippen LogP contribution >= 0.6 is 0 Å². The second-order valence-corrected chi connectivity index (χ2v) is 4.69. The number of benzene rings is 1. The third kappa shape index (κ3) is 2.57. The minimum atomic E-state index is -0.348. The number of hydrogen-bond acceptors (Lipinski definition) is 6. The topological polar surface area (TPSA) is 82.5 Å². The summed E-state index contributed by atoms with van der Waals surface area (Å²) in [7, 11) is 0. The molecule has 0 saturated carbocycles. The van der Waals surface area contributed by atoms with E-state index in [0.29, 0.717) is 23.1 Å². The van der Waals surface area contributed by atoms with E-state index in [9.17, 15) is 4.39 Å². The second kappa shape index (κ2) is 5.41. The predicted octanol–water partition coefficient (Wildman–Crippen LogP) is 2.52. The molecular weight excluding hydrogens is 299 g/mol. The van der Waals surface area contributed by atoms with Gasteiger partial charge in [0.2, 0.25) is 5.82 Å². The Kier molecular flexibility index (Phi) is 3.12. The maximum Gasteiger partial charge on any atom is 0.258 e. The van der Waals surface area contributed by atoms with E-state index in [2.05, 4.69) is 25.4 Å². The number of nitrogens with zero attached hydrogens (tertiary/aromatic N) is 6. The Labute approximate surface area is 129 Å². The Morgan fingerprint density at radius 1 is 1.09 bits per heavy atom. The highest BCUT2D eigenvalue weighted by Crippen LogP contribution is 2.20. The molecule has 0 unspecified atom stereocenters. The zero-order valence-electron chi connectivity index (χ0n) is 11.7. The summed E-state index contributed by atoms with van der Waals surface area (Å²) in [6.45, 7) is 0. The van der Waals surface area contributed by atoms with Crippen LogP contribution in [0, 0.1) is 5.82 Å². The van der Waals surface area contributed by atoms with E-state index in [-0.39, 0.29) is 5.82 Å². The minimum Gasteiger partial charge on any atom is -0.334 e. The molecule has 0 saturated heterocycles. The van der Waals surface area contributed by atoms with Gasteiger partial charge in [-0.25, -0.2) is 9.07 Å². The average Bonchev–Trinajstić information content (AvgIpc) is 3.25. The average molecular weight is 308 g/mol. The molecule has 0 spiro atoms. The molecule has 0 fully saturated rings. The first-order valence-electron chi connectivity index (χ1n) is 6.72. The summed E-state index contributed by atoms with van der Waals surface area (Å²) in [5.41, 5.74) is 1.75. The summed E-state index contributed by atoms with van der Waals surface area (Å²) < 4.78 is 19.9. The van der Waals surface area contributed by atoms with Crippen molar-refractivity contribution in [2.75, 3.05) is 0 Å². The van der Waals surface area contributed by atoms with Crippen LogP contribution in [-0.4, -0.2) is 30.1 Å². The molecule has 0 atom stereocenters. The van der Waals surface area contributed by atoms with Crippen molar-refractivity contribution < 1.29 is 8.91 Å². The molecule has 0 radical (unpaired) electrons. The van der Waals surface area contributed by atoms with Crippen LogP contribution in [0.4, 0.5) is 4.39 Å². The highest BCUT2D eigenvalue weighted by molar-refractivity contribution is 5.56. The first kappa shape index (κ1) is 13.3. The lowest BCUT2D eigenvalue weighted by Crippen LogP contribution is -1.94. The Morgan fingerprint density at radius 2 is 1.96 bits per heavy atom. The van der Waals surface area contributed by atoms with Crippen LogP contribution in [0.1, 0.15) is 0 Å². The lowest BCUT2D eigenvalue weighted by molar-refractivity contribution is 0.432. The highest BCUT2D eigenvalue weighted by Gasteiger charge is 2.14. The van der Waals surface area contributed by atoms with Crippen LogP contribution in [0.25, 0.3) is 28.7 Å². The normalized spacial score (nSPS) is 10.8. The van der Waals surface area contributed by atoms with Crippen LogP contribution in [0.5, 0.6) is 0 Å². The molecule has 112 valence electrons. The summed E-state index contributed by atoms with van der Waals surface area (Å²) in [5.74, 6) is 0.321. The molecule has 8 heteroatoms. The number of aromatic nitrogens is 6. The van der Waals surface area contributed by atoms with E-state index in [1.165, 1.54) is 16.8 Å². The third-order valence-electron chi connectivity index (χ3n) is 3.15. The van der Waals surface area contributed by atoms with Crippen LogP contribution < -0.4 is 0 Å². The van der Waals surface area contributed by atoms with Gasteiger partial charge in [0.15, 0.2) is 5.69 Å². The summed E-state index contributed by atoms with van der Waals surface area (Å²) in [4.78, 5) is 8.21. The smallest absolute Gasteiger partial charge is 0.258 e. The standard InChI is InChI=1S/C15H9FN6O/c16-11-2-1-3-12(8-11)22-9-13(19-21-22)14-18-15(23-20-14)10-4-6-17-7-5-10/h1-9H. The SMILES string of the molecule is Fc1cccc(-n2cc(-c3noc(-c4ccncc4)n3)nn2)c1. The molecule has 3 heterocycles. The van der Waals surface area contributed by atoms with Gasteiger partial charge in [-0.3, -0.25) is 4.98 Å². The van der Waals surface area contributed by atoms with Crippen LogP contribution in [0.2, 0.25) is 0 Å². The van der Waals surface area contributed by atoms with Gasteiger partial charge >= 0.3 is 0 Å². The molecule has 1 aromatic carbocycles. The van der Waals surface area contributed by atoms with Gasteiger partial charge in [0, 0.05) is 18.0 Å². The second-order valence-electron chi connectivity index (χ2n) is 4.69. The van der Waals surface area contributed by atoms with Gasteiger partial charge in [0.25, 0.3) is 5.89 Å². The van der Waals surface area contributed by atoms with Crippen molar-refractivity contribution in [1.29, 1.82) is 0 Å². The molecule has 4 aromatic rings. The van der Waals surface area contributed by atoms with Crippen LogP contribution in [0.15, 0.2) is 59.5 Å². The first-order chi connectivity index (χ1) is 11.3. The van der Waals surface area contributed by atoms with E-state index in [1.54, 1.807) is 42.9 Å². The van der Waals surface area contributed by atoms with Gasteiger partial charge in [-0.2, -0.15) is 4.98 Å². The zero-order chi connectivity index (χ0) is 15.6. The molecule has 0 N–H and O–H groups in total. The van der Waals surface area contributed by atoms with Gasteiger partial charge in [-0.15, -0.1) is 5.10 Å². The van der Waals surface area contributed by atoms with Gasteiger partial charge in [-0.05, 0) is 30.3 Å². The molecule has 0 aliphatic rings. The van der Waals surface area contributed by atoms with Crippen molar-refractivity contribution >= 4 is 0 Å². The Bertz CT molecular complexity index is 949. The Morgan fingerprint density at radius 3 is 2.78 bits per heavy atom. The molecule has 0 aliphatic carbocycles. The van der Waals surface area contributed by atoms with Crippen molar-refractivity contribution in [2.45, 2.75) is 0 Å². The van der Waals surface area contributed by atoms with E-state index in [4.69, 9.17) is 4.52 Å². The van der Waals surface area contributed by atoms with E-state index in [1.807, 2.05) is 0 Å². The van der Waals surface area contributed by atoms with Crippen molar-refractivity contribution in [2.24, 2.45) is 0 Å². The van der Waals surface area contributed by atoms with Crippen molar-refractivity contribution in [3.05, 3.63) is 60.8 Å². The minimum absolute atomic E-state index is 0.305. The van der Waals surface area contributed by atoms with E-state index >= 15 is 0 Å². The number of rotatable bonds is 3. The first-order valence-corrected chi connectivity index (χ1v) is 6.72. The molecule has 0 aliphatic heterocycles. The third-order valence-corrected chi connectivity index (χ3v) is 3.15.